The predicted octanol–water partition coefficient (Wildman–Crippen LogP) is 1.34. The highest BCUT2D eigenvalue weighted by atomic mass is 79.9. The number of carbonyl (C=O) groups is 1. The number of halogens is 1. The molecule has 0 saturated carbocycles. The third-order valence-electron chi connectivity index (χ3n) is 2.10. The third kappa shape index (κ3) is 2.19. The topological polar surface area (TPSA) is 52.3 Å². The van der Waals surface area contributed by atoms with E-state index in [0.717, 1.165) is 4.48 Å². The first kappa shape index (κ1) is 10.5. The Bertz CT molecular complexity index is 283. The molecule has 3 nitrogen and oxygen atoms in total. The second kappa shape index (κ2) is 4.07. The standard InChI is InChI=1S/C9H12BrNO2/c1-5-7(10)3-6(4-8(5)11)9(12)13-2/h3-5,8H,11H2,1-2H3. The molecule has 0 saturated heterocycles. The minimum absolute atomic E-state index is 0.131. The summed E-state index contributed by atoms with van der Waals surface area (Å²) in [5.74, 6) is -0.132. The summed E-state index contributed by atoms with van der Waals surface area (Å²) < 4.78 is 5.53. The Hall–Kier alpha value is -0.610. The maximum atomic E-state index is 11.2. The molecule has 0 radical (unpaired) electrons. The molecule has 0 fully saturated rings. The van der Waals surface area contributed by atoms with E-state index < -0.39 is 0 Å². The van der Waals surface area contributed by atoms with Gasteiger partial charge in [0.05, 0.1) is 12.7 Å². The zero-order chi connectivity index (χ0) is 10.0. The molecule has 0 amide bonds. The second-order valence-electron chi connectivity index (χ2n) is 3.01. The van der Waals surface area contributed by atoms with E-state index in [0.29, 0.717) is 5.57 Å². The number of esters is 1. The fourth-order valence-corrected chi connectivity index (χ4v) is 1.66. The van der Waals surface area contributed by atoms with Crippen LogP contribution >= 0.6 is 15.9 Å². The molecule has 0 heterocycles. The Morgan fingerprint density at radius 1 is 1.69 bits per heavy atom. The smallest absolute Gasteiger partial charge is 0.337 e. The lowest BCUT2D eigenvalue weighted by molar-refractivity contribution is -0.135. The first-order valence-corrected chi connectivity index (χ1v) is 4.78. The summed E-state index contributed by atoms with van der Waals surface area (Å²) in [4.78, 5) is 11.2. The number of nitrogens with two attached hydrogens (primary N) is 1. The molecule has 0 aliphatic heterocycles. The van der Waals surface area contributed by atoms with Crippen LogP contribution in [-0.2, 0) is 9.53 Å². The van der Waals surface area contributed by atoms with Crippen molar-refractivity contribution in [2.24, 2.45) is 11.7 Å². The fourth-order valence-electron chi connectivity index (χ4n) is 1.11. The van der Waals surface area contributed by atoms with Crippen molar-refractivity contribution in [3.8, 4) is 0 Å². The molecular weight excluding hydrogens is 234 g/mol. The normalized spacial score (nSPS) is 27.7. The van der Waals surface area contributed by atoms with Crippen molar-refractivity contribution in [3.63, 3.8) is 0 Å². The molecule has 4 heteroatoms. The van der Waals surface area contributed by atoms with Gasteiger partial charge in [0, 0.05) is 16.4 Å². The van der Waals surface area contributed by atoms with E-state index in [-0.39, 0.29) is 17.9 Å². The quantitative estimate of drug-likeness (QED) is 0.710. The summed E-state index contributed by atoms with van der Waals surface area (Å²) in [5.41, 5.74) is 6.31. The van der Waals surface area contributed by atoms with E-state index in [1.54, 1.807) is 12.2 Å². The molecular formula is C9H12BrNO2. The molecule has 0 bridgehead atoms. The van der Waals surface area contributed by atoms with E-state index >= 15 is 0 Å². The van der Waals surface area contributed by atoms with Crippen LogP contribution in [0.3, 0.4) is 0 Å². The minimum atomic E-state index is -0.348. The fraction of sp³-hybridized carbons (Fsp3) is 0.444. The lowest BCUT2D eigenvalue weighted by atomic mass is 9.94. The maximum absolute atomic E-state index is 11.2. The molecule has 0 aromatic carbocycles. The van der Waals surface area contributed by atoms with Crippen molar-refractivity contribution in [1.29, 1.82) is 0 Å². The zero-order valence-electron chi connectivity index (χ0n) is 7.58. The van der Waals surface area contributed by atoms with E-state index in [1.807, 2.05) is 6.92 Å². The van der Waals surface area contributed by atoms with Crippen molar-refractivity contribution < 1.29 is 9.53 Å². The van der Waals surface area contributed by atoms with Gasteiger partial charge in [-0.3, -0.25) is 0 Å². The van der Waals surface area contributed by atoms with Gasteiger partial charge in [0.25, 0.3) is 0 Å². The molecule has 2 N–H and O–H groups in total. The average molecular weight is 246 g/mol. The van der Waals surface area contributed by atoms with Crippen LogP contribution in [0.4, 0.5) is 0 Å². The summed E-state index contributed by atoms with van der Waals surface area (Å²) in [5, 5.41) is 0. The van der Waals surface area contributed by atoms with Crippen LogP contribution in [0.2, 0.25) is 0 Å². The summed E-state index contributed by atoms with van der Waals surface area (Å²) in [6, 6.07) is -0.131. The Morgan fingerprint density at radius 2 is 2.31 bits per heavy atom. The molecule has 2 atom stereocenters. The van der Waals surface area contributed by atoms with Gasteiger partial charge in [0.1, 0.15) is 0 Å². The van der Waals surface area contributed by atoms with E-state index in [1.165, 1.54) is 7.11 Å². The van der Waals surface area contributed by atoms with Gasteiger partial charge in [0.15, 0.2) is 0 Å². The van der Waals surface area contributed by atoms with Gasteiger partial charge in [-0.15, -0.1) is 0 Å². The molecule has 1 aliphatic carbocycles. The lowest BCUT2D eigenvalue weighted by Gasteiger charge is -2.21. The number of ether oxygens (including phenoxy) is 1. The van der Waals surface area contributed by atoms with Crippen LogP contribution < -0.4 is 5.73 Å². The number of carbonyl (C=O) groups excluding carboxylic acids is 1. The summed E-state index contributed by atoms with van der Waals surface area (Å²) in [6.45, 7) is 2.00. The van der Waals surface area contributed by atoms with Gasteiger partial charge in [0.2, 0.25) is 0 Å². The third-order valence-corrected chi connectivity index (χ3v) is 3.05. The first-order valence-electron chi connectivity index (χ1n) is 3.99. The van der Waals surface area contributed by atoms with Crippen LogP contribution in [0.1, 0.15) is 6.92 Å². The van der Waals surface area contributed by atoms with Crippen LogP contribution in [0.15, 0.2) is 22.2 Å². The number of rotatable bonds is 1. The van der Waals surface area contributed by atoms with E-state index in [9.17, 15) is 4.79 Å². The summed E-state index contributed by atoms with van der Waals surface area (Å²) in [6.07, 6.45) is 3.47. The van der Waals surface area contributed by atoms with Gasteiger partial charge in [-0.25, -0.2) is 4.79 Å². The Kier molecular flexibility index (Phi) is 3.27. The second-order valence-corrected chi connectivity index (χ2v) is 3.92. The van der Waals surface area contributed by atoms with Gasteiger partial charge in [-0.05, 0) is 6.08 Å². The molecule has 1 aliphatic rings. The monoisotopic (exact) mass is 245 g/mol. The molecule has 0 aromatic heterocycles. The molecule has 0 aromatic rings. The summed E-state index contributed by atoms with van der Waals surface area (Å²) >= 11 is 3.36. The lowest BCUT2D eigenvalue weighted by Crippen LogP contribution is -2.29. The average Bonchev–Trinajstić information content (AvgIpc) is 2.12. The van der Waals surface area contributed by atoms with Crippen molar-refractivity contribution >= 4 is 21.9 Å². The minimum Gasteiger partial charge on any atom is -0.465 e. The van der Waals surface area contributed by atoms with Crippen LogP contribution in [-0.4, -0.2) is 19.1 Å². The number of hydrogen-bond donors (Lipinski definition) is 1. The SMILES string of the molecule is COC(=O)C1=CC(N)C(C)C(Br)=C1. The highest BCUT2D eigenvalue weighted by molar-refractivity contribution is 9.11. The Labute approximate surface area is 85.8 Å². The van der Waals surface area contributed by atoms with Crippen molar-refractivity contribution in [2.45, 2.75) is 13.0 Å². The van der Waals surface area contributed by atoms with Gasteiger partial charge in [-0.1, -0.05) is 28.9 Å². The Morgan fingerprint density at radius 3 is 2.77 bits per heavy atom. The van der Waals surface area contributed by atoms with Gasteiger partial charge >= 0.3 is 5.97 Å². The summed E-state index contributed by atoms with van der Waals surface area (Å²) in [7, 11) is 1.36. The molecule has 2 unspecified atom stereocenters. The van der Waals surface area contributed by atoms with Gasteiger partial charge in [-0.2, -0.15) is 0 Å². The molecule has 13 heavy (non-hydrogen) atoms. The van der Waals surface area contributed by atoms with E-state index in [2.05, 4.69) is 20.7 Å². The van der Waals surface area contributed by atoms with Gasteiger partial charge < -0.3 is 10.5 Å². The number of methoxy groups -OCH3 is 1. The van der Waals surface area contributed by atoms with Crippen molar-refractivity contribution in [2.75, 3.05) is 7.11 Å². The molecule has 0 spiro atoms. The van der Waals surface area contributed by atoms with Crippen LogP contribution in [0.25, 0.3) is 0 Å². The van der Waals surface area contributed by atoms with Crippen LogP contribution in [0.5, 0.6) is 0 Å². The Balaban J connectivity index is 2.90. The number of hydrogen-bond acceptors (Lipinski definition) is 3. The maximum Gasteiger partial charge on any atom is 0.337 e. The highest BCUT2D eigenvalue weighted by Crippen LogP contribution is 2.27. The van der Waals surface area contributed by atoms with E-state index in [4.69, 9.17) is 5.73 Å². The molecule has 1 rings (SSSR count). The molecule has 72 valence electrons. The van der Waals surface area contributed by atoms with Crippen LogP contribution in [0, 0.1) is 5.92 Å². The first-order chi connectivity index (χ1) is 6.06. The van der Waals surface area contributed by atoms with Crippen molar-refractivity contribution in [1.82, 2.24) is 0 Å². The highest BCUT2D eigenvalue weighted by Gasteiger charge is 2.22. The van der Waals surface area contributed by atoms with Crippen molar-refractivity contribution in [3.05, 3.63) is 22.2 Å². The predicted molar refractivity (Wildman–Crippen MR) is 54.2 cm³/mol. The largest absolute Gasteiger partial charge is 0.465 e. The zero-order valence-corrected chi connectivity index (χ0v) is 9.17.